The van der Waals surface area contributed by atoms with E-state index in [1.807, 2.05) is 42.5 Å². The van der Waals surface area contributed by atoms with E-state index >= 15 is 0 Å². The van der Waals surface area contributed by atoms with Gasteiger partial charge in [-0.25, -0.2) is 9.97 Å². The van der Waals surface area contributed by atoms with Gasteiger partial charge < -0.3 is 11.1 Å². The lowest BCUT2D eigenvalue weighted by Gasteiger charge is -2.06. The summed E-state index contributed by atoms with van der Waals surface area (Å²) in [5.41, 5.74) is 9.56. The molecule has 4 rings (SSSR count). The zero-order valence-corrected chi connectivity index (χ0v) is 13.0. The number of hydrogen-bond acceptors (Lipinski definition) is 5. The summed E-state index contributed by atoms with van der Waals surface area (Å²) in [6.45, 7) is 0. The molecule has 4 nitrogen and oxygen atoms in total. The van der Waals surface area contributed by atoms with Crippen LogP contribution in [0.5, 0.6) is 0 Å². The van der Waals surface area contributed by atoms with E-state index < -0.39 is 0 Å². The summed E-state index contributed by atoms with van der Waals surface area (Å²) in [7, 11) is 0. The van der Waals surface area contributed by atoms with E-state index in [0.717, 1.165) is 27.4 Å². The summed E-state index contributed by atoms with van der Waals surface area (Å²) in [5, 5.41) is 3.34. The summed E-state index contributed by atoms with van der Waals surface area (Å²) < 4.78 is 1.04. The molecule has 0 amide bonds. The highest BCUT2D eigenvalue weighted by Gasteiger charge is 2.10. The highest BCUT2D eigenvalue weighted by atomic mass is 32.1. The molecule has 0 saturated carbocycles. The molecule has 0 aliphatic heterocycles. The number of aromatic nitrogens is 2. The van der Waals surface area contributed by atoms with Crippen molar-refractivity contribution in [3.05, 3.63) is 67.0 Å². The van der Waals surface area contributed by atoms with Crippen molar-refractivity contribution in [2.45, 2.75) is 0 Å². The molecule has 0 spiro atoms. The standard InChI is InChI=1S/C18H14N4S/c19-13-6-8-14(9-7-13)22-18-17-15(20-11-21-18)10-16(23-17)12-4-2-1-3-5-12/h1-11H,19H2,(H,20,21,22). The second kappa shape index (κ2) is 5.70. The molecule has 0 saturated heterocycles. The molecule has 2 aromatic carbocycles. The average molecular weight is 318 g/mol. The number of fused-ring (bicyclic) bond motifs is 1. The monoisotopic (exact) mass is 318 g/mol. The number of nitrogens with zero attached hydrogens (tertiary/aromatic N) is 2. The molecule has 4 aromatic rings. The first-order chi connectivity index (χ1) is 11.3. The molecule has 0 fully saturated rings. The maximum atomic E-state index is 5.73. The van der Waals surface area contributed by atoms with Crippen LogP contribution in [0.3, 0.4) is 0 Å². The number of nitrogen functional groups attached to an aromatic ring is 1. The minimum absolute atomic E-state index is 0.742. The van der Waals surface area contributed by atoms with Crippen molar-refractivity contribution in [3.8, 4) is 10.4 Å². The van der Waals surface area contributed by atoms with Crippen LogP contribution in [0.1, 0.15) is 0 Å². The van der Waals surface area contributed by atoms with Gasteiger partial charge in [0.15, 0.2) is 5.82 Å². The maximum Gasteiger partial charge on any atom is 0.151 e. The van der Waals surface area contributed by atoms with Crippen LogP contribution < -0.4 is 11.1 Å². The van der Waals surface area contributed by atoms with Crippen molar-refractivity contribution in [1.82, 2.24) is 9.97 Å². The van der Waals surface area contributed by atoms with Gasteiger partial charge in [-0.15, -0.1) is 11.3 Å². The van der Waals surface area contributed by atoms with E-state index in [1.54, 1.807) is 17.7 Å². The number of nitrogens with two attached hydrogens (primary N) is 1. The van der Waals surface area contributed by atoms with Gasteiger partial charge in [0, 0.05) is 16.3 Å². The van der Waals surface area contributed by atoms with Crippen molar-refractivity contribution in [2.24, 2.45) is 0 Å². The predicted octanol–water partition coefficient (Wildman–Crippen LogP) is 4.68. The lowest BCUT2D eigenvalue weighted by Crippen LogP contribution is -1.94. The van der Waals surface area contributed by atoms with Gasteiger partial charge in [0.1, 0.15) is 6.33 Å². The molecule has 0 bridgehead atoms. The fraction of sp³-hybridized carbons (Fsp3) is 0. The summed E-state index contributed by atoms with van der Waals surface area (Å²) >= 11 is 1.69. The second-order valence-corrected chi connectivity index (χ2v) is 6.21. The highest BCUT2D eigenvalue weighted by molar-refractivity contribution is 7.22. The Hall–Kier alpha value is -2.92. The van der Waals surface area contributed by atoms with Gasteiger partial charge in [-0.3, -0.25) is 0 Å². The molecule has 3 N–H and O–H groups in total. The fourth-order valence-corrected chi connectivity index (χ4v) is 3.45. The lowest BCUT2D eigenvalue weighted by molar-refractivity contribution is 1.23. The maximum absolute atomic E-state index is 5.73. The lowest BCUT2D eigenvalue weighted by atomic mass is 10.2. The number of hydrogen-bond donors (Lipinski definition) is 2. The van der Waals surface area contributed by atoms with Gasteiger partial charge in [-0.2, -0.15) is 0 Å². The Labute approximate surface area is 137 Å². The van der Waals surface area contributed by atoms with Gasteiger partial charge in [0.25, 0.3) is 0 Å². The Morgan fingerprint density at radius 1 is 0.913 bits per heavy atom. The molecule has 0 unspecified atom stereocenters. The van der Waals surface area contributed by atoms with E-state index in [1.165, 1.54) is 10.4 Å². The van der Waals surface area contributed by atoms with Crippen molar-refractivity contribution in [1.29, 1.82) is 0 Å². The van der Waals surface area contributed by atoms with Crippen LogP contribution in [0.25, 0.3) is 20.7 Å². The zero-order valence-electron chi connectivity index (χ0n) is 12.2. The summed E-state index contributed by atoms with van der Waals surface area (Å²) in [4.78, 5) is 9.95. The van der Waals surface area contributed by atoms with E-state index in [2.05, 4.69) is 33.5 Å². The second-order valence-electron chi connectivity index (χ2n) is 5.16. The molecular formula is C18H14N4S. The van der Waals surface area contributed by atoms with Crippen LogP contribution >= 0.6 is 11.3 Å². The topological polar surface area (TPSA) is 63.8 Å². The first-order valence-electron chi connectivity index (χ1n) is 7.22. The van der Waals surface area contributed by atoms with E-state index in [4.69, 9.17) is 5.73 Å². The molecule has 2 heterocycles. The Morgan fingerprint density at radius 3 is 2.48 bits per heavy atom. The number of benzene rings is 2. The minimum atomic E-state index is 0.742. The molecule has 0 radical (unpaired) electrons. The minimum Gasteiger partial charge on any atom is -0.399 e. The largest absolute Gasteiger partial charge is 0.399 e. The third-order valence-corrected chi connectivity index (χ3v) is 4.72. The number of anilines is 3. The Morgan fingerprint density at radius 2 is 1.70 bits per heavy atom. The third-order valence-electron chi connectivity index (χ3n) is 3.54. The van der Waals surface area contributed by atoms with Gasteiger partial charge >= 0.3 is 0 Å². The number of nitrogens with one attached hydrogen (secondary N) is 1. The van der Waals surface area contributed by atoms with Crippen LogP contribution in [0, 0.1) is 0 Å². The van der Waals surface area contributed by atoms with Gasteiger partial charge in [0.05, 0.1) is 10.2 Å². The first-order valence-corrected chi connectivity index (χ1v) is 8.04. The molecule has 0 aliphatic carbocycles. The van der Waals surface area contributed by atoms with E-state index in [9.17, 15) is 0 Å². The van der Waals surface area contributed by atoms with E-state index in [0.29, 0.717) is 0 Å². The van der Waals surface area contributed by atoms with Crippen molar-refractivity contribution in [2.75, 3.05) is 11.1 Å². The predicted molar refractivity (Wildman–Crippen MR) is 97.0 cm³/mol. The molecule has 0 atom stereocenters. The smallest absolute Gasteiger partial charge is 0.151 e. The molecular weight excluding hydrogens is 304 g/mol. The van der Waals surface area contributed by atoms with Crippen LogP contribution in [0.15, 0.2) is 67.0 Å². The normalized spacial score (nSPS) is 10.8. The zero-order chi connectivity index (χ0) is 15.6. The Balaban J connectivity index is 1.75. The molecule has 112 valence electrons. The fourth-order valence-electron chi connectivity index (χ4n) is 2.39. The molecule has 2 aromatic heterocycles. The van der Waals surface area contributed by atoms with Gasteiger partial charge in [-0.05, 0) is 35.9 Å². The summed E-state index contributed by atoms with van der Waals surface area (Å²) in [6.07, 6.45) is 1.59. The number of rotatable bonds is 3. The third kappa shape index (κ3) is 2.74. The number of thiophene rings is 1. The van der Waals surface area contributed by atoms with Crippen LogP contribution in [0.2, 0.25) is 0 Å². The average Bonchev–Trinajstić information content (AvgIpc) is 3.03. The van der Waals surface area contributed by atoms with Crippen molar-refractivity contribution < 1.29 is 0 Å². The van der Waals surface area contributed by atoms with Crippen LogP contribution in [0.4, 0.5) is 17.2 Å². The van der Waals surface area contributed by atoms with E-state index in [-0.39, 0.29) is 0 Å². The van der Waals surface area contributed by atoms with Crippen LogP contribution in [-0.4, -0.2) is 9.97 Å². The quantitative estimate of drug-likeness (QED) is 0.538. The Kier molecular flexibility index (Phi) is 3.40. The summed E-state index contributed by atoms with van der Waals surface area (Å²) in [5.74, 6) is 0.812. The Bertz CT molecular complexity index is 946. The SMILES string of the molecule is Nc1ccc(Nc2ncnc3cc(-c4ccccc4)sc23)cc1. The van der Waals surface area contributed by atoms with Gasteiger partial charge in [0.2, 0.25) is 0 Å². The van der Waals surface area contributed by atoms with Crippen LogP contribution in [-0.2, 0) is 0 Å². The summed E-state index contributed by atoms with van der Waals surface area (Å²) in [6, 6.07) is 20.0. The van der Waals surface area contributed by atoms with Crippen molar-refractivity contribution in [3.63, 3.8) is 0 Å². The molecule has 5 heteroatoms. The first kappa shape index (κ1) is 13.7. The van der Waals surface area contributed by atoms with Gasteiger partial charge in [-0.1, -0.05) is 30.3 Å². The highest BCUT2D eigenvalue weighted by Crippen LogP contribution is 2.36. The van der Waals surface area contributed by atoms with Crippen molar-refractivity contribution >= 4 is 38.7 Å². The molecule has 0 aliphatic rings. The molecule has 23 heavy (non-hydrogen) atoms.